The van der Waals surface area contributed by atoms with Gasteiger partial charge in [-0.1, -0.05) is 79.4 Å². The van der Waals surface area contributed by atoms with Gasteiger partial charge in [-0.25, -0.2) is 8.42 Å². The lowest BCUT2D eigenvalue weighted by Crippen LogP contribution is -2.53. The molecule has 0 bridgehead atoms. The van der Waals surface area contributed by atoms with Crippen molar-refractivity contribution in [1.82, 2.24) is 14.5 Å². The van der Waals surface area contributed by atoms with Crippen LogP contribution in [0.15, 0.2) is 65.6 Å². The lowest BCUT2D eigenvalue weighted by Gasteiger charge is -2.33. The standard InChI is InChI=1S/C29H33Cl2N3O4S/c1-3-27(29(36)32-22-11-6-7-12-22)34(18-24-25(30)13-8-14-26(24)31)28(35)19-33(2)39(37,38)23-16-15-20-9-4-5-10-21(20)17-23/h4-5,8-10,13-17,22,27H,3,6-7,11-12,18-19H2,1-2H3,(H,32,36)/t27-/m1/s1. The summed E-state index contributed by atoms with van der Waals surface area (Å²) < 4.78 is 27.9. The average molecular weight is 591 g/mol. The molecule has 1 aliphatic carbocycles. The molecule has 0 saturated heterocycles. The molecule has 1 atom stereocenters. The summed E-state index contributed by atoms with van der Waals surface area (Å²) in [5.74, 6) is -0.785. The number of likely N-dealkylation sites (N-methyl/N-ethyl adjacent to an activating group) is 1. The Hall–Kier alpha value is -2.65. The van der Waals surface area contributed by atoms with Gasteiger partial charge in [0.25, 0.3) is 0 Å². The molecule has 3 aromatic carbocycles. The predicted molar refractivity (Wildman–Crippen MR) is 155 cm³/mol. The number of sulfonamides is 1. The maximum atomic E-state index is 13.8. The summed E-state index contributed by atoms with van der Waals surface area (Å²) in [5, 5.41) is 5.50. The molecular weight excluding hydrogens is 557 g/mol. The van der Waals surface area contributed by atoms with E-state index in [1.54, 1.807) is 30.3 Å². The van der Waals surface area contributed by atoms with E-state index >= 15 is 0 Å². The number of fused-ring (bicyclic) bond motifs is 1. The molecule has 10 heteroatoms. The zero-order valence-corrected chi connectivity index (χ0v) is 24.4. The third kappa shape index (κ3) is 6.74. The number of hydrogen-bond donors (Lipinski definition) is 1. The van der Waals surface area contributed by atoms with Crippen LogP contribution in [0.3, 0.4) is 0 Å². The maximum absolute atomic E-state index is 13.8. The highest BCUT2D eigenvalue weighted by Gasteiger charge is 2.33. The lowest BCUT2D eigenvalue weighted by molar-refractivity contribution is -0.141. The van der Waals surface area contributed by atoms with Gasteiger partial charge < -0.3 is 10.2 Å². The third-order valence-electron chi connectivity index (χ3n) is 7.26. The van der Waals surface area contributed by atoms with Gasteiger partial charge >= 0.3 is 0 Å². The van der Waals surface area contributed by atoms with Crippen LogP contribution in [0.4, 0.5) is 0 Å². The van der Waals surface area contributed by atoms with Gasteiger partial charge in [0.05, 0.1) is 11.4 Å². The Balaban J connectivity index is 1.61. The molecule has 1 saturated carbocycles. The van der Waals surface area contributed by atoms with Gasteiger partial charge in [-0.3, -0.25) is 9.59 Å². The molecule has 0 aliphatic heterocycles. The first-order valence-corrected chi connectivity index (χ1v) is 15.3. The molecule has 0 aromatic heterocycles. The quantitative estimate of drug-likeness (QED) is 0.332. The molecule has 7 nitrogen and oxygen atoms in total. The Morgan fingerprint density at radius 2 is 1.62 bits per heavy atom. The maximum Gasteiger partial charge on any atom is 0.243 e. The number of carbonyl (C=O) groups excluding carboxylic acids is 2. The van der Waals surface area contributed by atoms with Crippen LogP contribution in [-0.2, 0) is 26.2 Å². The van der Waals surface area contributed by atoms with E-state index in [1.807, 2.05) is 31.2 Å². The Labute approximate surface area is 240 Å². The van der Waals surface area contributed by atoms with Crippen LogP contribution in [0.5, 0.6) is 0 Å². The number of carbonyl (C=O) groups is 2. The Morgan fingerprint density at radius 1 is 0.974 bits per heavy atom. The van der Waals surface area contributed by atoms with E-state index in [2.05, 4.69) is 5.32 Å². The number of halogens is 2. The second-order valence-electron chi connectivity index (χ2n) is 9.91. The minimum Gasteiger partial charge on any atom is -0.352 e. The zero-order chi connectivity index (χ0) is 28.2. The predicted octanol–water partition coefficient (Wildman–Crippen LogP) is 5.63. The fraction of sp³-hybridized carbons (Fsp3) is 0.379. The van der Waals surface area contributed by atoms with E-state index in [0.29, 0.717) is 22.0 Å². The summed E-state index contributed by atoms with van der Waals surface area (Å²) in [4.78, 5) is 28.6. The van der Waals surface area contributed by atoms with Gasteiger partial charge in [0.15, 0.2) is 0 Å². The molecule has 1 fully saturated rings. The molecule has 0 spiro atoms. The van der Waals surface area contributed by atoms with Crippen LogP contribution in [0.25, 0.3) is 10.8 Å². The fourth-order valence-corrected chi connectivity index (χ4v) is 6.69. The number of nitrogens with one attached hydrogen (secondary N) is 1. The number of benzene rings is 3. The van der Waals surface area contributed by atoms with Crippen molar-refractivity contribution in [3.63, 3.8) is 0 Å². The van der Waals surface area contributed by atoms with Crippen LogP contribution in [-0.4, -0.2) is 55.1 Å². The van der Waals surface area contributed by atoms with E-state index < -0.39 is 28.5 Å². The highest BCUT2D eigenvalue weighted by Crippen LogP contribution is 2.28. The third-order valence-corrected chi connectivity index (χ3v) is 9.77. The summed E-state index contributed by atoms with van der Waals surface area (Å²) in [6.07, 6.45) is 4.25. The van der Waals surface area contributed by atoms with Gasteiger partial charge in [-0.05, 0) is 54.3 Å². The second kappa shape index (κ2) is 12.7. The first kappa shape index (κ1) is 29.3. The van der Waals surface area contributed by atoms with E-state index in [1.165, 1.54) is 18.0 Å². The molecule has 3 aromatic rings. The molecule has 0 radical (unpaired) electrons. The van der Waals surface area contributed by atoms with E-state index in [-0.39, 0.29) is 23.4 Å². The van der Waals surface area contributed by atoms with Crippen molar-refractivity contribution in [2.45, 2.75) is 62.6 Å². The average Bonchev–Trinajstić information content (AvgIpc) is 3.42. The molecule has 1 aliphatic rings. The SMILES string of the molecule is CC[C@H](C(=O)NC1CCCC1)N(Cc1c(Cl)cccc1Cl)C(=O)CN(C)S(=O)(=O)c1ccc2ccccc2c1. The minimum absolute atomic E-state index is 0.0300. The van der Waals surface area contributed by atoms with E-state index in [0.717, 1.165) is 40.8 Å². The molecular formula is C29H33Cl2N3O4S. The summed E-state index contributed by atoms with van der Waals surface area (Å²) in [6.45, 7) is 1.34. The van der Waals surface area contributed by atoms with Gasteiger partial charge in [-0.15, -0.1) is 0 Å². The van der Waals surface area contributed by atoms with Crippen molar-refractivity contribution in [2.24, 2.45) is 0 Å². The summed E-state index contributed by atoms with van der Waals surface area (Å²) in [5.41, 5.74) is 0.501. The normalized spacial score (nSPS) is 15.0. The van der Waals surface area contributed by atoms with Crippen molar-refractivity contribution in [3.05, 3.63) is 76.3 Å². The van der Waals surface area contributed by atoms with Crippen LogP contribution in [0.1, 0.15) is 44.6 Å². The van der Waals surface area contributed by atoms with Crippen LogP contribution >= 0.6 is 23.2 Å². The summed E-state index contributed by atoms with van der Waals surface area (Å²) in [6, 6.07) is 16.6. The fourth-order valence-electron chi connectivity index (χ4n) is 5.01. The number of rotatable bonds is 10. The Morgan fingerprint density at radius 3 is 2.26 bits per heavy atom. The molecule has 39 heavy (non-hydrogen) atoms. The number of hydrogen-bond acceptors (Lipinski definition) is 4. The van der Waals surface area contributed by atoms with Crippen molar-refractivity contribution >= 4 is 55.8 Å². The smallest absolute Gasteiger partial charge is 0.243 e. The summed E-state index contributed by atoms with van der Waals surface area (Å²) in [7, 11) is -2.62. The largest absolute Gasteiger partial charge is 0.352 e. The molecule has 208 valence electrons. The minimum atomic E-state index is -3.99. The number of amides is 2. The van der Waals surface area contributed by atoms with Gasteiger partial charge in [-0.2, -0.15) is 4.31 Å². The summed E-state index contributed by atoms with van der Waals surface area (Å²) >= 11 is 12.8. The van der Waals surface area contributed by atoms with Gasteiger partial charge in [0, 0.05) is 35.2 Å². The van der Waals surface area contributed by atoms with Crippen LogP contribution in [0, 0.1) is 0 Å². The van der Waals surface area contributed by atoms with Crippen LogP contribution < -0.4 is 5.32 Å². The first-order chi connectivity index (χ1) is 18.6. The van der Waals surface area contributed by atoms with E-state index in [9.17, 15) is 18.0 Å². The Kier molecular flexibility index (Phi) is 9.54. The van der Waals surface area contributed by atoms with E-state index in [4.69, 9.17) is 23.2 Å². The number of nitrogens with zero attached hydrogens (tertiary/aromatic N) is 2. The van der Waals surface area contributed by atoms with Gasteiger partial charge in [0.1, 0.15) is 6.04 Å². The molecule has 0 unspecified atom stereocenters. The van der Waals surface area contributed by atoms with Gasteiger partial charge in [0.2, 0.25) is 21.8 Å². The van der Waals surface area contributed by atoms with Crippen molar-refractivity contribution in [3.8, 4) is 0 Å². The lowest BCUT2D eigenvalue weighted by atomic mass is 10.1. The topological polar surface area (TPSA) is 86.8 Å². The molecule has 1 N–H and O–H groups in total. The second-order valence-corrected chi connectivity index (χ2v) is 12.8. The van der Waals surface area contributed by atoms with Crippen LogP contribution in [0.2, 0.25) is 10.0 Å². The van der Waals surface area contributed by atoms with Crippen molar-refractivity contribution in [2.75, 3.05) is 13.6 Å². The highest BCUT2D eigenvalue weighted by molar-refractivity contribution is 7.89. The Bertz CT molecular complexity index is 1440. The molecule has 0 heterocycles. The molecule has 2 amide bonds. The monoisotopic (exact) mass is 589 g/mol. The highest BCUT2D eigenvalue weighted by atomic mass is 35.5. The first-order valence-electron chi connectivity index (χ1n) is 13.1. The zero-order valence-electron chi connectivity index (χ0n) is 22.1. The molecule has 4 rings (SSSR count). The van der Waals surface area contributed by atoms with Crippen molar-refractivity contribution in [1.29, 1.82) is 0 Å². The van der Waals surface area contributed by atoms with Crippen molar-refractivity contribution < 1.29 is 18.0 Å².